The summed E-state index contributed by atoms with van der Waals surface area (Å²) in [6.07, 6.45) is 5.95. The Labute approximate surface area is 127 Å². The zero-order chi connectivity index (χ0) is 14.6. The van der Waals surface area contributed by atoms with Crippen LogP contribution in [0.3, 0.4) is 0 Å². The average molecular weight is 274 g/mol. The molecule has 0 amide bonds. The van der Waals surface area contributed by atoms with Crippen LogP contribution < -0.4 is 0 Å². The molecule has 0 saturated heterocycles. The van der Waals surface area contributed by atoms with E-state index in [9.17, 15) is 0 Å². The maximum Gasteiger partial charge on any atom is -0.00603 e. The van der Waals surface area contributed by atoms with Crippen molar-refractivity contribution in [1.29, 1.82) is 0 Å². The highest BCUT2D eigenvalue weighted by Gasteiger charge is 2.33. The van der Waals surface area contributed by atoms with Gasteiger partial charge >= 0.3 is 0 Å². The van der Waals surface area contributed by atoms with Gasteiger partial charge in [-0.05, 0) is 65.0 Å². The van der Waals surface area contributed by atoms with Gasteiger partial charge in [-0.2, -0.15) is 0 Å². The lowest BCUT2D eigenvalue weighted by atomic mass is 9.88. The van der Waals surface area contributed by atoms with Crippen LogP contribution in [-0.4, -0.2) is 0 Å². The molecule has 2 aromatic rings. The van der Waals surface area contributed by atoms with Crippen LogP contribution in [0.5, 0.6) is 0 Å². The SMILES string of the molecule is CC1=Cc2c(cc3c(c2-c2ccccc2)CC(C)(C)C3)C1. The summed E-state index contributed by atoms with van der Waals surface area (Å²) >= 11 is 0. The maximum absolute atomic E-state index is 2.48. The van der Waals surface area contributed by atoms with Crippen LogP contribution in [-0.2, 0) is 19.3 Å². The molecule has 0 heterocycles. The lowest BCUT2D eigenvalue weighted by Gasteiger charge is -2.16. The van der Waals surface area contributed by atoms with Crippen LogP contribution in [0.15, 0.2) is 42.0 Å². The molecule has 0 heteroatoms. The molecule has 2 aliphatic carbocycles. The van der Waals surface area contributed by atoms with E-state index in [0.717, 1.165) is 6.42 Å². The number of benzene rings is 2. The molecule has 2 aliphatic rings. The molecule has 0 spiro atoms. The van der Waals surface area contributed by atoms with Crippen LogP contribution in [0.25, 0.3) is 17.2 Å². The van der Waals surface area contributed by atoms with E-state index < -0.39 is 0 Å². The van der Waals surface area contributed by atoms with Gasteiger partial charge in [0.05, 0.1) is 0 Å². The Morgan fingerprint density at radius 3 is 2.48 bits per heavy atom. The lowest BCUT2D eigenvalue weighted by molar-refractivity contribution is 0.393. The van der Waals surface area contributed by atoms with Gasteiger partial charge in [0.25, 0.3) is 0 Å². The normalized spacial score (nSPS) is 18.3. The summed E-state index contributed by atoms with van der Waals surface area (Å²) in [5, 5.41) is 0. The first-order valence-corrected chi connectivity index (χ1v) is 7.94. The third-order valence-corrected chi connectivity index (χ3v) is 4.90. The number of fused-ring (bicyclic) bond motifs is 2. The van der Waals surface area contributed by atoms with Crippen LogP contribution in [0.4, 0.5) is 0 Å². The van der Waals surface area contributed by atoms with Gasteiger partial charge in [0.15, 0.2) is 0 Å². The van der Waals surface area contributed by atoms with Crippen LogP contribution >= 0.6 is 0 Å². The Bertz CT molecular complexity index is 745. The molecule has 21 heavy (non-hydrogen) atoms. The van der Waals surface area contributed by atoms with E-state index in [1.807, 2.05) is 0 Å². The largest absolute Gasteiger partial charge is 0.0683 e. The molecule has 0 unspecified atom stereocenters. The molecule has 0 radical (unpaired) electrons. The van der Waals surface area contributed by atoms with E-state index >= 15 is 0 Å². The molecule has 106 valence electrons. The van der Waals surface area contributed by atoms with Gasteiger partial charge in [0.1, 0.15) is 0 Å². The van der Waals surface area contributed by atoms with Crippen molar-refractivity contribution in [3.63, 3.8) is 0 Å². The molecule has 0 aromatic heterocycles. The van der Waals surface area contributed by atoms with Crippen LogP contribution in [0, 0.1) is 5.41 Å². The average Bonchev–Trinajstić information content (AvgIpc) is 2.93. The molecule has 0 nitrogen and oxygen atoms in total. The third kappa shape index (κ3) is 2.05. The first-order valence-electron chi connectivity index (χ1n) is 7.94. The van der Waals surface area contributed by atoms with E-state index in [1.54, 1.807) is 11.1 Å². The predicted octanol–water partition coefficient (Wildman–Crippen LogP) is 5.44. The van der Waals surface area contributed by atoms with Crippen molar-refractivity contribution in [1.82, 2.24) is 0 Å². The van der Waals surface area contributed by atoms with Gasteiger partial charge in [-0.3, -0.25) is 0 Å². The fourth-order valence-electron chi connectivity index (χ4n) is 4.12. The molecule has 0 aliphatic heterocycles. The standard InChI is InChI=1S/C21H22/c1-14-9-16-11-17-12-21(2,3)13-19(17)20(18(16)10-14)15-7-5-4-6-8-15/h4-8,10-11H,9,12-13H2,1-3H3. The molecular weight excluding hydrogens is 252 g/mol. The fraction of sp³-hybridized carbons (Fsp3) is 0.333. The first-order chi connectivity index (χ1) is 10.0. The summed E-state index contributed by atoms with van der Waals surface area (Å²) in [4.78, 5) is 0. The summed E-state index contributed by atoms with van der Waals surface area (Å²) in [6.45, 7) is 7.05. The number of hydrogen-bond donors (Lipinski definition) is 0. The second-order valence-corrected chi connectivity index (χ2v) is 7.51. The van der Waals surface area contributed by atoms with Crippen LogP contribution in [0.1, 0.15) is 43.0 Å². The third-order valence-electron chi connectivity index (χ3n) is 4.90. The number of allylic oxidation sites excluding steroid dienone is 1. The second-order valence-electron chi connectivity index (χ2n) is 7.51. The Balaban J connectivity index is 2.01. The quantitative estimate of drug-likeness (QED) is 0.649. The molecule has 0 saturated carbocycles. The summed E-state index contributed by atoms with van der Waals surface area (Å²) in [5.74, 6) is 0. The highest BCUT2D eigenvalue weighted by Crippen LogP contribution is 2.46. The minimum absolute atomic E-state index is 0.402. The molecular formula is C21H22. The lowest BCUT2D eigenvalue weighted by Crippen LogP contribution is -2.09. The Morgan fingerprint density at radius 2 is 1.71 bits per heavy atom. The van der Waals surface area contributed by atoms with Crippen molar-refractivity contribution in [2.24, 2.45) is 5.41 Å². The minimum atomic E-state index is 0.402. The highest BCUT2D eigenvalue weighted by atomic mass is 14.4. The van der Waals surface area contributed by atoms with E-state index in [2.05, 4.69) is 63.2 Å². The summed E-state index contributed by atoms with van der Waals surface area (Å²) < 4.78 is 0. The minimum Gasteiger partial charge on any atom is -0.0683 e. The molecule has 0 N–H and O–H groups in total. The highest BCUT2D eigenvalue weighted by molar-refractivity contribution is 5.84. The van der Waals surface area contributed by atoms with Gasteiger partial charge in [-0.25, -0.2) is 0 Å². The van der Waals surface area contributed by atoms with Crippen molar-refractivity contribution in [2.45, 2.75) is 40.0 Å². The Kier molecular flexibility index (Phi) is 2.66. The van der Waals surface area contributed by atoms with Crippen molar-refractivity contribution in [3.05, 3.63) is 64.2 Å². The van der Waals surface area contributed by atoms with Gasteiger partial charge < -0.3 is 0 Å². The van der Waals surface area contributed by atoms with Crippen molar-refractivity contribution >= 4 is 6.08 Å². The van der Waals surface area contributed by atoms with Crippen molar-refractivity contribution in [3.8, 4) is 11.1 Å². The van der Waals surface area contributed by atoms with E-state index in [-0.39, 0.29) is 0 Å². The zero-order valence-corrected chi connectivity index (χ0v) is 13.2. The number of rotatable bonds is 1. The van der Waals surface area contributed by atoms with Crippen molar-refractivity contribution in [2.75, 3.05) is 0 Å². The number of hydrogen-bond acceptors (Lipinski definition) is 0. The van der Waals surface area contributed by atoms with Gasteiger partial charge in [-0.15, -0.1) is 0 Å². The maximum atomic E-state index is 2.48. The monoisotopic (exact) mass is 274 g/mol. The van der Waals surface area contributed by atoms with Crippen molar-refractivity contribution < 1.29 is 0 Å². The Hall–Kier alpha value is -1.82. The smallest absolute Gasteiger partial charge is 0.00603 e. The summed E-state index contributed by atoms with van der Waals surface area (Å²) in [7, 11) is 0. The Morgan fingerprint density at radius 1 is 0.952 bits per heavy atom. The van der Waals surface area contributed by atoms with Crippen LogP contribution in [0.2, 0.25) is 0 Å². The van der Waals surface area contributed by atoms with E-state index in [0.29, 0.717) is 5.41 Å². The first kappa shape index (κ1) is 12.9. The second kappa shape index (κ2) is 4.34. The summed E-state index contributed by atoms with van der Waals surface area (Å²) in [5.41, 5.74) is 11.0. The van der Waals surface area contributed by atoms with E-state index in [4.69, 9.17) is 0 Å². The molecule has 0 bridgehead atoms. The van der Waals surface area contributed by atoms with Gasteiger partial charge in [0, 0.05) is 0 Å². The zero-order valence-electron chi connectivity index (χ0n) is 13.2. The topological polar surface area (TPSA) is 0 Å². The van der Waals surface area contributed by atoms with Gasteiger partial charge in [-0.1, -0.05) is 61.9 Å². The van der Waals surface area contributed by atoms with Gasteiger partial charge in [0.2, 0.25) is 0 Å². The molecule has 0 fully saturated rings. The molecule has 2 aromatic carbocycles. The van der Waals surface area contributed by atoms with E-state index in [1.165, 1.54) is 40.7 Å². The molecule has 0 atom stereocenters. The fourth-order valence-corrected chi connectivity index (χ4v) is 4.12. The molecule has 4 rings (SSSR count). The predicted molar refractivity (Wildman–Crippen MR) is 90.4 cm³/mol. The summed E-state index contributed by atoms with van der Waals surface area (Å²) in [6, 6.07) is 13.4.